The van der Waals surface area contributed by atoms with E-state index in [2.05, 4.69) is 22.1 Å². The molecule has 3 aliphatic rings. The fourth-order valence-corrected chi connectivity index (χ4v) is 4.29. The molecule has 1 saturated carbocycles. The molecule has 1 aromatic rings. The molecule has 4 rings (SSSR count). The van der Waals surface area contributed by atoms with Crippen LogP contribution in [0.4, 0.5) is 10.5 Å². The second-order valence-electron chi connectivity index (χ2n) is 8.59. The molecule has 28 heavy (non-hydrogen) atoms. The highest BCUT2D eigenvalue weighted by Gasteiger charge is 2.56. The van der Waals surface area contributed by atoms with Gasteiger partial charge in [-0.2, -0.15) is 0 Å². The second kappa shape index (κ2) is 7.11. The van der Waals surface area contributed by atoms with Crippen LogP contribution in [0, 0.1) is 11.8 Å². The van der Waals surface area contributed by atoms with E-state index in [1.54, 1.807) is 6.07 Å². The molecule has 3 N–H and O–H groups in total. The zero-order valence-electron chi connectivity index (χ0n) is 16.6. The number of urea groups is 1. The normalized spacial score (nSPS) is 28.6. The van der Waals surface area contributed by atoms with E-state index in [-0.39, 0.29) is 17.9 Å². The van der Waals surface area contributed by atoms with Gasteiger partial charge in [0.1, 0.15) is 5.54 Å². The summed E-state index contributed by atoms with van der Waals surface area (Å²) >= 11 is 0. The van der Waals surface area contributed by atoms with Gasteiger partial charge in [-0.25, -0.2) is 14.7 Å². The standard InChI is InChI=1S/C21H29N5O2/c1-14-5-4-10-25(13-14)19(22)23-12-15-6-3-7-17(11-15)26-18(27)21(2,16-8-9-16)24-20(26)28/h3,6-7,11,14,16H,4-5,8-10,12-13H2,1-2H3,(H2,22,23)(H,24,28). The molecule has 7 nitrogen and oxygen atoms in total. The predicted octanol–water partition coefficient (Wildman–Crippen LogP) is 2.46. The van der Waals surface area contributed by atoms with E-state index in [9.17, 15) is 9.59 Å². The van der Waals surface area contributed by atoms with Crippen LogP contribution in [0.25, 0.3) is 0 Å². The van der Waals surface area contributed by atoms with Crippen LogP contribution < -0.4 is 16.0 Å². The molecule has 2 unspecified atom stereocenters. The van der Waals surface area contributed by atoms with Crippen molar-refractivity contribution >= 4 is 23.6 Å². The topological polar surface area (TPSA) is 91.0 Å². The number of carbonyl (C=O) groups is 2. The maximum Gasteiger partial charge on any atom is 0.329 e. The van der Waals surface area contributed by atoms with Crippen molar-refractivity contribution in [2.45, 2.75) is 51.6 Å². The number of imide groups is 1. The zero-order chi connectivity index (χ0) is 19.9. The monoisotopic (exact) mass is 383 g/mol. The minimum atomic E-state index is -0.777. The van der Waals surface area contributed by atoms with Crippen LogP contribution in [0.1, 0.15) is 45.1 Å². The molecule has 0 bridgehead atoms. The molecule has 2 atom stereocenters. The number of nitrogens with one attached hydrogen (secondary N) is 1. The molecule has 0 spiro atoms. The summed E-state index contributed by atoms with van der Waals surface area (Å²) in [7, 11) is 0. The van der Waals surface area contributed by atoms with Gasteiger partial charge in [-0.15, -0.1) is 0 Å². The fourth-order valence-electron chi connectivity index (χ4n) is 4.29. The van der Waals surface area contributed by atoms with Gasteiger partial charge in [-0.05, 0) is 62.1 Å². The van der Waals surface area contributed by atoms with E-state index in [4.69, 9.17) is 5.73 Å². The molecule has 3 amide bonds. The smallest absolute Gasteiger partial charge is 0.329 e. The van der Waals surface area contributed by atoms with Gasteiger partial charge in [0.05, 0.1) is 12.2 Å². The highest BCUT2D eigenvalue weighted by atomic mass is 16.2. The minimum absolute atomic E-state index is 0.164. The van der Waals surface area contributed by atoms with E-state index in [0.717, 1.165) is 37.9 Å². The van der Waals surface area contributed by atoms with Crippen molar-refractivity contribution in [3.05, 3.63) is 29.8 Å². The Kier molecular flexibility index (Phi) is 4.77. The van der Waals surface area contributed by atoms with Crippen LogP contribution >= 0.6 is 0 Å². The number of rotatable bonds is 4. The molecule has 150 valence electrons. The summed E-state index contributed by atoms with van der Waals surface area (Å²) in [5.74, 6) is 1.27. The molecule has 2 heterocycles. The third-order valence-corrected chi connectivity index (χ3v) is 6.18. The number of carbonyl (C=O) groups excluding carboxylic acids is 2. The Labute approximate surface area is 166 Å². The number of guanidine groups is 1. The van der Waals surface area contributed by atoms with E-state index >= 15 is 0 Å². The molecule has 3 fully saturated rings. The first-order valence-electron chi connectivity index (χ1n) is 10.2. The van der Waals surface area contributed by atoms with Crippen molar-refractivity contribution in [3.63, 3.8) is 0 Å². The van der Waals surface area contributed by atoms with Gasteiger partial charge in [-0.3, -0.25) is 4.79 Å². The first-order chi connectivity index (χ1) is 13.4. The lowest BCUT2D eigenvalue weighted by Crippen LogP contribution is -2.46. The molecular weight excluding hydrogens is 354 g/mol. The van der Waals surface area contributed by atoms with Crippen LogP contribution in [0.3, 0.4) is 0 Å². The van der Waals surface area contributed by atoms with Gasteiger partial charge in [0, 0.05) is 13.1 Å². The summed E-state index contributed by atoms with van der Waals surface area (Å²) in [6, 6.07) is 7.09. The Morgan fingerprint density at radius 1 is 1.32 bits per heavy atom. The van der Waals surface area contributed by atoms with E-state index in [1.807, 2.05) is 25.1 Å². The summed E-state index contributed by atoms with van der Waals surface area (Å²) in [4.78, 5) is 33.4. The third kappa shape index (κ3) is 3.45. The van der Waals surface area contributed by atoms with Crippen molar-refractivity contribution in [1.82, 2.24) is 10.2 Å². The predicted molar refractivity (Wildman–Crippen MR) is 109 cm³/mol. The molecular formula is C21H29N5O2. The first-order valence-corrected chi connectivity index (χ1v) is 10.2. The van der Waals surface area contributed by atoms with E-state index in [1.165, 1.54) is 11.3 Å². The molecule has 7 heteroatoms. The Hall–Kier alpha value is -2.57. The molecule has 1 aromatic carbocycles. The summed E-state index contributed by atoms with van der Waals surface area (Å²) in [5, 5.41) is 2.89. The maximum atomic E-state index is 12.9. The van der Waals surface area contributed by atoms with Gasteiger partial charge in [0.15, 0.2) is 5.96 Å². The molecule has 0 aromatic heterocycles. The summed E-state index contributed by atoms with van der Waals surface area (Å²) in [5.41, 5.74) is 6.92. The molecule has 2 saturated heterocycles. The number of likely N-dealkylation sites (tertiary alicyclic amines) is 1. The quantitative estimate of drug-likeness (QED) is 0.475. The lowest BCUT2D eigenvalue weighted by Gasteiger charge is -2.31. The van der Waals surface area contributed by atoms with Crippen molar-refractivity contribution in [1.29, 1.82) is 0 Å². The number of hydrogen-bond acceptors (Lipinski definition) is 3. The number of nitrogens with two attached hydrogens (primary N) is 1. The first kappa shape index (κ1) is 18.8. The minimum Gasteiger partial charge on any atom is -0.370 e. The van der Waals surface area contributed by atoms with Gasteiger partial charge in [0.25, 0.3) is 5.91 Å². The Balaban J connectivity index is 1.48. The summed E-state index contributed by atoms with van der Waals surface area (Å²) in [6.45, 7) is 6.38. The highest BCUT2D eigenvalue weighted by molar-refractivity contribution is 6.23. The lowest BCUT2D eigenvalue weighted by atomic mass is 9.96. The third-order valence-electron chi connectivity index (χ3n) is 6.18. The molecule has 1 aliphatic carbocycles. The number of amides is 3. The van der Waals surface area contributed by atoms with E-state index < -0.39 is 5.54 Å². The summed E-state index contributed by atoms with van der Waals surface area (Å²) < 4.78 is 0. The van der Waals surface area contributed by atoms with Gasteiger partial charge in [-0.1, -0.05) is 19.1 Å². The SMILES string of the molecule is CC1CCCN(C(N)=NCc2cccc(N3C(=O)NC(C)(C4CC4)C3=O)c2)C1. The average Bonchev–Trinajstić information content (AvgIpc) is 3.49. The Morgan fingerprint density at radius 3 is 2.82 bits per heavy atom. The second-order valence-corrected chi connectivity index (χ2v) is 8.59. The number of piperidine rings is 1. The number of hydrogen-bond donors (Lipinski definition) is 2. The van der Waals surface area contributed by atoms with Crippen molar-refractivity contribution in [3.8, 4) is 0 Å². The van der Waals surface area contributed by atoms with E-state index in [0.29, 0.717) is 24.1 Å². The molecule has 0 radical (unpaired) electrons. The van der Waals surface area contributed by atoms with Crippen molar-refractivity contribution in [2.75, 3.05) is 18.0 Å². The summed E-state index contributed by atoms with van der Waals surface area (Å²) in [6.07, 6.45) is 4.34. The van der Waals surface area contributed by atoms with Crippen molar-refractivity contribution in [2.24, 2.45) is 22.6 Å². The number of nitrogens with zero attached hydrogens (tertiary/aromatic N) is 3. The van der Waals surface area contributed by atoms with Gasteiger partial charge < -0.3 is 16.0 Å². The average molecular weight is 383 g/mol. The largest absolute Gasteiger partial charge is 0.370 e. The van der Waals surface area contributed by atoms with Gasteiger partial charge >= 0.3 is 6.03 Å². The zero-order valence-corrected chi connectivity index (χ0v) is 16.6. The van der Waals surface area contributed by atoms with Crippen LogP contribution in [0.5, 0.6) is 0 Å². The fraction of sp³-hybridized carbons (Fsp3) is 0.571. The van der Waals surface area contributed by atoms with Crippen LogP contribution in [-0.4, -0.2) is 41.4 Å². The van der Waals surface area contributed by atoms with Crippen LogP contribution in [-0.2, 0) is 11.3 Å². The Bertz CT molecular complexity index is 819. The molecule has 2 aliphatic heterocycles. The maximum absolute atomic E-state index is 12.9. The number of anilines is 1. The highest BCUT2D eigenvalue weighted by Crippen LogP contribution is 2.43. The van der Waals surface area contributed by atoms with Gasteiger partial charge in [0.2, 0.25) is 0 Å². The van der Waals surface area contributed by atoms with Crippen LogP contribution in [0.2, 0.25) is 0 Å². The van der Waals surface area contributed by atoms with Crippen LogP contribution in [0.15, 0.2) is 29.3 Å². The Morgan fingerprint density at radius 2 is 2.11 bits per heavy atom. The number of aliphatic imine (C=N–C) groups is 1. The number of benzene rings is 1. The van der Waals surface area contributed by atoms with Crippen molar-refractivity contribution < 1.29 is 9.59 Å². The lowest BCUT2D eigenvalue weighted by molar-refractivity contribution is -0.122.